The number of halogens is 3. The van der Waals surface area contributed by atoms with Crippen LogP contribution in [0.4, 0.5) is 8.78 Å². The molecule has 16 heavy (non-hydrogen) atoms. The van der Waals surface area contributed by atoms with Crippen LogP contribution in [0.2, 0.25) is 0 Å². The molecular weight excluding hydrogens is 278 g/mol. The van der Waals surface area contributed by atoms with E-state index in [0.29, 0.717) is 5.56 Å². The van der Waals surface area contributed by atoms with Gasteiger partial charge in [-0.05, 0) is 38.0 Å². The van der Waals surface area contributed by atoms with E-state index in [9.17, 15) is 8.78 Å². The van der Waals surface area contributed by atoms with Crippen LogP contribution < -0.4 is 0 Å². The Kier molecular flexibility index (Phi) is 3.60. The number of rotatable bonds is 2. The summed E-state index contributed by atoms with van der Waals surface area (Å²) in [6.07, 6.45) is 1.95. The number of hydrogen-bond acceptors (Lipinski definition) is 1. The van der Waals surface area contributed by atoms with Crippen molar-refractivity contribution in [3.8, 4) is 0 Å². The van der Waals surface area contributed by atoms with Crippen LogP contribution >= 0.6 is 15.9 Å². The van der Waals surface area contributed by atoms with Gasteiger partial charge in [-0.15, -0.1) is 0 Å². The Hall–Kier alpha value is -0.480. The maximum Gasteiger partial charge on any atom is 0.127 e. The molecule has 1 aliphatic heterocycles. The molecule has 1 aliphatic rings. The first kappa shape index (κ1) is 12.0. The zero-order chi connectivity index (χ0) is 11.7. The van der Waals surface area contributed by atoms with Crippen molar-refractivity contribution < 1.29 is 13.5 Å². The molecule has 3 atom stereocenters. The fourth-order valence-electron chi connectivity index (χ4n) is 1.97. The average molecular weight is 291 g/mol. The van der Waals surface area contributed by atoms with Crippen LogP contribution in [0.1, 0.15) is 30.2 Å². The van der Waals surface area contributed by atoms with Gasteiger partial charge < -0.3 is 4.74 Å². The van der Waals surface area contributed by atoms with Crippen molar-refractivity contribution in [2.45, 2.75) is 36.8 Å². The minimum Gasteiger partial charge on any atom is -0.374 e. The van der Waals surface area contributed by atoms with E-state index in [4.69, 9.17) is 4.74 Å². The van der Waals surface area contributed by atoms with Gasteiger partial charge in [0, 0.05) is 5.56 Å². The molecule has 1 aromatic carbocycles. The number of alkyl halides is 1. The fraction of sp³-hybridized carbons (Fsp3) is 0.500. The second-order valence-corrected chi connectivity index (χ2v) is 5.12. The second-order valence-electron chi connectivity index (χ2n) is 4.13. The van der Waals surface area contributed by atoms with Crippen LogP contribution in [0.15, 0.2) is 18.2 Å². The minimum absolute atomic E-state index is 0.0775. The average Bonchev–Trinajstić information content (AvgIpc) is 2.67. The van der Waals surface area contributed by atoms with Crippen LogP contribution in [-0.2, 0) is 4.74 Å². The van der Waals surface area contributed by atoms with Crippen molar-refractivity contribution >= 4 is 15.9 Å². The maximum atomic E-state index is 13.5. The van der Waals surface area contributed by atoms with Crippen molar-refractivity contribution in [1.82, 2.24) is 0 Å². The highest BCUT2D eigenvalue weighted by Gasteiger charge is 2.30. The van der Waals surface area contributed by atoms with Gasteiger partial charge in [-0.1, -0.05) is 15.9 Å². The van der Waals surface area contributed by atoms with Gasteiger partial charge in [0.05, 0.1) is 17.0 Å². The van der Waals surface area contributed by atoms with Gasteiger partial charge in [-0.25, -0.2) is 8.78 Å². The Morgan fingerprint density at radius 3 is 2.75 bits per heavy atom. The van der Waals surface area contributed by atoms with Crippen LogP contribution in [0.3, 0.4) is 0 Å². The van der Waals surface area contributed by atoms with Gasteiger partial charge in [-0.3, -0.25) is 0 Å². The molecule has 0 radical (unpaired) electrons. The molecule has 88 valence electrons. The number of ether oxygens (including phenoxy) is 1. The van der Waals surface area contributed by atoms with E-state index in [1.165, 1.54) is 6.07 Å². The van der Waals surface area contributed by atoms with E-state index in [2.05, 4.69) is 15.9 Å². The molecule has 1 aromatic rings. The monoisotopic (exact) mass is 290 g/mol. The minimum atomic E-state index is -0.424. The molecule has 0 aromatic heterocycles. The Balaban J connectivity index is 2.20. The molecule has 0 bridgehead atoms. The lowest BCUT2D eigenvalue weighted by Gasteiger charge is -2.18. The SMILES string of the molecule is CC1CCC(C(Br)c2cc(F)ccc2F)O1. The summed E-state index contributed by atoms with van der Waals surface area (Å²) in [5.74, 6) is -0.821. The fourth-order valence-corrected chi connectivity index (χ4v) is 2.71. The molecule has 0 spiro atoms. The summed E-state index contributed by atoms with van der Waals surface area (Å²) in [4.78, 5) is -0.284. The standard InChI is InChI=1S/C12H13BrF2O/c1-7-2-5-11(16-7)12(13)9-6-8(14)3-4-10(9)15/h3-4,6-7,11-12H,2,5H2,1H3. The highest BCUT2D eigenvalue weighted by molar-refractivity contribution is 9.09. The molecule has 0 N–H and O–H groups in total. The molecule has 0 aliphatic carbocycles. The smallest absolute Gasteiger partial charge is 0.127 e. The largest absolute Gasteiger partial charge is 0.374 e. The highest BCUT2D eigenvalue weighted by Crippen LogP contribution is 2.37. The molecule has 1 nitrogen and oxygen atoms in total. The van der Waals surface area contributed by atoms with Crippen LogP contribution in [-0.4, -0.2) is 12.2 Å². The van der Waals surface area contributed by atoms with E-state index < -0.39 is 11.6 Å². The summed E-state index contributed by atoms with van der Waals surface area (Å²) in [7, 11) is 0. The summed E-state index contributed by atoms with van der Waals surface area (Å²) < 4.78 is 32.2. The molecule has 0 amide bonds. The molecule has 1 heterocycles. The maximum absolute atomic E-state index is 13.5. The lowest BCUT2D eigenvalue weighted by molar-refractivity contribution is 0.0551. The van der Waals surface area contributed by atoms with Gasteiger partial charge >= 0.3 is 0 Å². The molecule has 1 saturated heterocycles. The van der Waals surface area contributed by atoms with Crippen LogP contribution in [0.25, 0.3) is 0 Å². The van der Waals surface area contributed by atoms with Gasteiger partial charge in [0.25, 0.3) is 0 Å². The summed E-state index contributed by atoms with van der Waals surface area (Å²) in [6, 6.07) is 3.50. The van der Waals surface area contributed by atoms with E-state index in [1.54, 1.807) is 0 Å². The molecular formula is C12H13BrF2O. The van der Waals surface area contributed by atoms with Crippen LogP contribution in [0.5, 0.6) is 0 Å². The van der Waals surface area contributed by atoms with Gasteiger partial charge in [0.15, 0.2) is 0 Å². The predicted molar refractivity (Wildman–Crippen MR) is 61.6 cm³/mol. The lowest BCUT2D eigenvalue weighted by Crippen LogP contribution is -2.15. The van der Waals surface area contributed by atoms with Crippen molar-refractivity contribution in [3.63, 3.8) is 0 Å². The van der Waals surface area contributed by atoms with Crippen molar-refractivity contribution in [3.05, 3.63) is 35.4 Å². The third-order valence-electron chi connectivity index (χ3n) is 2.85. The van der Waals surface area contributed by atoms with Gasteiger partial charge in [0.2, 0.25) is 0 Å². The Bertz CT molecular complexity index is 383. The molecule has 2 rings (SSSR count). The summed E-state index contributed by atoms with van der Waals surface area (Å²) in [5.41, 5.74) is 0.333. The van der Waals surface area contributed by atoms with Gasteiger partial charge in [0.1, 0.15) is 11.6 Å². The third-order valence-corrected chi connectivity index (χ3v) is 3.93. The zero-order valence-corrected chi connectivity index (χ0v) is 10.5. The molecule has 0 saturated carbocycles. The van der Waals surface area contributed by atoms with E-state index in [0.717, 1.165) is 25.0 Å². The summed E-state index contributed by atoms with van der Waals surface area (Å²) in [6.45, 7) is 1.99. The topological polar surface area (TPSA) is 9.23 Å². The normalized spacial score (nSPS) is 27.0. The van der Waals surface area contributed by atoms with Crippen molar-refractivity contribution in [1.29, 1.82) is 0 Å². The van der Waals surface area contributed by atoms with Crippen molar-refractivity contribution in [2.24, 2.45) is 0 Å². The first-order valence-corrected chi connectivity index (χ1v) is 6.24. The lowest BCUT2D eigenvalue weighted by atomic mass is 10.0. The quantitative estimate of drug-likeness (QED) is 0.749. The Morgan fingerprint density at radius 2 is 2.12 bits per heavy atom. The second kappa shape index (κ2) is 4.80. The molecule has 3 unspecified atom stereocenters. The van der Waals surface area contributed by atoms with E-state index in [1.807, 2.05) is 6.92 Å². The third kappa shape index (κ3) is 2.43. The summed E-state index contributed by atoms with van der Waals surface area (Å²) in [5, 5.41) is 0. The molecule has 4 heteroatoms. The predicted octanol–water partition coefficient (Wildman–Crippen LogP) is 3.97. The first-order chi connectivity index (χ1) is 7.58. The van der Waals surface area contributed by atoms with Crippen LogP contribution in [0, 0.1) is 11.6 Å². The first-order valence-electron chi connectivity index (χ1n) is 5.32. The van der Waals surface area contributed by atoms with Gasteiger partial charge in [-0.2, -0.15) is 0 Å². The zero-order valence-electron chi connectivity index (χ0n) is 8.92. The molecule has 1 fully saturated rings. The number of hydrogen-bond donors (Lipinski definition) is 0. The Morgan fingerprint density at radius 1 is 1.38 bits per heavy atom. The van der Waals surface area contributed by atoms with E-state index in [-0.39, 0.29) is 17.0 Å². The van der Waals surface area contributed by atoms with Crippen molar-refractivity contribution in [2.75, 3.05) is 0 Å². The highest BCUT2D eigenvalue weighted by atomic mass is 79.9. The van der Waals surface area contributed by atoms with E-state index >= 15 is 0 Å². The summed E-state index contributed by atoms with van der Waals surface area (Å²) >= 11 is 3.39. The Labute approximate surface area is 102 Å². The number of benzene rings is 1.